The Hall–Kier alpha value is -1.48. The number of ether oxygens (including phenoxy) is 1. The molecule has 2 nitrogen and oxygen atoms in total. The Bertz CT molecular complexity index is 556. The average molecular weight is 348 g/mol. The van der Waals surface area contributed by atoms with E-state index >= 15 is 0 Å². The molecule has 0 saturated heterocycles. The highest BCUT2D eigenvalue weighted by atomic mass is 79.9. The number of unbranched alkanes of at least 4 members (excludes halogenated alkanes) is 1. The number of anilines is 1. The highest BCUT2D eigenvalue weighted by Crippen LogP contribution is 2.32. The molecular formula is C18H22BrNO. The van der Waals surface area contributed by atoms with E-state index in [9.17, 15) is 0 Å². The molecule has 1 N–H and O–H groups in total. The lowest BCUT2D eigenvalue weighted by molar-refractivity contribution is 0.415. The van der Waals surface area contributed by atoms with Crippen LogP contribution < -0.4 is 10.1 Å². The summed E-state index contributed by atoms with van der Waals surface area (Å²) in [4.78, 5) is 0. The molecule has 112 valence electrons. The fraction of sp³-hybridized carbons (Fsp3) is 0.333. The van der Waals surface area contributed by atoms with E-state index in [1.54, 1.807) is 7.11 Å². The summed E-state index contributed by atoms with van der Waals surface area (Å²) in [6, 6.07) is 16.9. The third-order valence-electron chi connectivity index (χ3n) is 3.55. The average Bonchev–Trinajstić information content (AvgIpc) is 2.54. The second kappa shape index (κ2) is 8.08. The van der Waals surface area contributed by atoms with Crippen molar-refractivity contribution in [1.82, 2.24) is 0 Å². The van der Waals surface area contributed by atoms with Gasteiger partial charge in [-0.25, -0.2) is 0 Å². The molecule has 21 heavy (non-hydrogen) atoms. The van der Waals surface area contributed by atoms with Crippen molar-refractivity contribution in [3.63, 3.8) is 0 Å². The van der Waals surface area contributed by atoms with E-state index in [-0.39, 0.29) is 0 Å². The summed E-state index contributed by atoms with van der Waals surface area (Å²) in [5.74, 6) is 0.864. The normalized spacial score (nSPS) is 12.0. The highest BCUT2D eigenvalue weighted by Gasteiger charge is 2.12. The molecule has 0 radical (unpaired) electrons. The molecule has 1 atom stereocenters. The van der Waals surface area contributed by atoms with Crippen molar-refractivity contribution >= 4 is 21.6 Å². The molecular weight excluding hydrogens is 326 g/mol. The van der Waals surface area contributed by atoms with Gasteiger partial charge in [0.2, 0.25) is 0 Å². The minimum atomic E-state index is 0.314. The lowest BCUT2D eigenvalue weighted by atomic mass is 10.0. The molecule has 2 aromatic rings. The van der Waals surface area contributed by atoms with Gasteiger partial charge in [-0.1, -0.05) is 50.1 Å². The Morgan fingerprint density at radius 1 is 1.14 bits per heavy atom. The second-order valence-electron chi connectivity index (χ2n) is 5.10. The number of hydrogen-bond acceptors (Lipinski definition) is 2. The second-order valence-corrected chi connectivity index (χ2v) is 5.95. The van der Waals surface area contributed by atoms with Gasteiger partial charge < -0.3 is 10.1 Å². The van der Waals surface area contributed by atoms with Gasteiger partial charge in [0.05, 0.1) is 18.8 Å². The van der Waals surface area contributed by atoms with Crippen LogP contribution in [0.15, 0.2) is 53.0 Å². The van der Waals surface area contributed by atoms with Crippen molar-refractivity contribution < 1.29 is 4.74 Å². The zero-order valence-corrected chi connectivity index (χ0v) is 14.2. The van der Waals surface area contributed by atoms with Crippen LogP contribution in [0.1, 0.15) is 37.8 Å². The predicted molar refractivity (Wildman–Crippen MR) is 93.0 cm³/mol. The van der Waals surface area contributed by atoms with E-state index in [1.807, 2.05) is 18.2 Å². The van der Waals surface area contributed by atoms with Gasteiger partial charge in [0.1, 0.15) is 5.75 Å². The fourth-order valence-corrected chi connectivity index (χ4v) is 2.71. The minimum Gasteiger partial charge on any atom is -0.497 e. The third kappa shape index (κ3) is 4.50. The van der Waals surface area contributed by atoms with Crippen LogP contribution in [0.3, 0.4) is 0 Å². The topological polar surface area (TPSA) is 21.3 Å². The highest BCUT2D eigenvalue weighted by molar-refractivity contribution is 9.10. The SMILES string of the molecule is CCCCC(Nc1cc(OC)ccc1Br)c1ccccc1. The van der Waals surface area contributed by atoms with Gasteiger partial charge in [0, 0.05) is 10.5 Å². The van der Waals surface area contributed by atoms with Crippen molar-refractivity contribution in [3.8, 4) is 5.75 Å². The standard InChI is InChI=1S/C18H22BrNO/c1-3-4-10-17(14-8-6-5-7-9-14)20-18-13-15(21-2)11-12-16(18)19/h5-9,11-13,17,20H,3-4,10H2,1-2H3. The van der Waals surface area contributed by atoms with Crippen molar-refractivity contribution in [1.29, 1.82) is 0 Å². The molecule has 0 fully saturated rings. The van der Waals surface area contributed by atoms with Crippen LogP contribution in [-0.2, 0) is 0 Å². The summed E-state index contributed by atoms with van der Waals surface area (Å²) >= 11 is 3.61. The minimum absolute atomic E-state index is 0.314. The number of nitrogens with one attached hydrogen (secondary N) is 1. The Morgan fingerprint density at radius 2 is 1.90 bits per heavy atom. The first-order valence-corrected chi connectivity index (χ1v) is 8.19. The molecule has 0 aliphatic carbocycles. The van der Waals surface area contributed by atoms with E-state index < -0.39 is 0 Å². The third-order valence-corrected chi connectivity index (χ3v) is 4.24. The van der Waals surface area contributed by atoms with Gasteiger partial charge in [-0.05, 0) is 40.0 Å². The maximum atomic E-state index is 5.32. The molecule has 0 amide bonds. The Kier molecular flexibility index (Phi) is 6.12. The van der Waals surface area contributed by atoms with Gasteiger partial charge in [0.25, 0.3) is 0 Å². The molecule has 0 spiro atoms. The number of halogens is 1. The van der Waals surface area contributed by atoms with E-state index in [0.717, 1.165) is 22.3 Å². The Balaban J connectivity index is 2.22. The first-order chi connectivity index (χ1) is 10.2. The van der Waals surface area contributed by atoms with Crippen molar-refractivity contribution in [2.45, 2.75) is 32.2 Å². The summed E-state index contributed by atoms with van der Waals surface area (Å²) in [5.41, 5.74) is 2.39. The zero-order valence-electron chi connectivity index (χ0n) is 12.6. The van der Waals surface area contributed by atoms with E-state index in [4.69, 9.17) is 4.74 Å². The number of rotatable bonds is 7. The summed E-state index contributed by atoms with van der Waals surface area (Å²) in [7, 11) is 1.69. The molecule has 0 aliphatic heterocycles. The quantitative estimate of drug-likeness (QED) is 0.683. The molecule has 0 saturated carbocycles. The zero-order chi connectivity index (χ0) is 15.1. The monoisotopic (exact) mass is 347 g/mol. The summed E-state index contributed by atoms with van der Waals surface area (Å²) < 4.78 is 6.37. The number of benzene rings is 2. The lowest BCUT2D eigenvalue weighted by Crippen LogP contribution is -2.11. The van der Waals surface area contributed by atoms with Gasteiger partial charge in [-0.15, -0.1) is 0 Å². The van der Waals surface area contributed by atoms with Crippen LogP contribution in [-0.4, -0.2) is 7.11 Å². The van der Waals surface area contributed by atoms with Crippen molar-refractivity contribution in [2.75, 3.05) is 12.4 Å². The summed E-state index contributed by atoms with van der Waals surface area (Å²) in [6.07, 6.45) is 3.52. The molecule has 0 aromatic heterocycles. The molecule has 0 heterocycles. The predicted octanol–water partition coefficient (Wildman–Crippen LogP) is 5.80. The fourth-order valence-electron chi connectivity index (χ4n) is 2.35. The Morgan fingerprint density at radius 3 is 2.57 bits per heavy atom. The maximum Gasteiger partial charge on any atom is 0.121 e. The smallest absolute Gasteiger partial charge is 0.121 e. The Labute approximate surface area is 135 Å². The van der Waals surface area contributed by atoms with Crippen LogP contribution in [0.5, 0.6) is 5.75 Å². The van der Waals surface area contributed by atoms with Crippen LogP contribution in [0.2, 0.25) is 0 Å². The lowest BCUT2D eigenvalue weighted by Gasteiger charge is -2.21. The molecule has 0 aliphatic rings. The van der Waals surface area contributed by atoms with Gasteiger partial charge in [-0.3, -0.25) is 0 Å². The first-order valence-electron chi connectivity index (χ1n) is 7.39. The molecule has 1 unspecified atom stereocenters. The van der Waals surface area contributed by atoms with Gasteiger partial charge >= 0.3 is 0 Å². The molecule has 2 aromatic carbocycles. The van der Waals surface area contributed by atoms with Crippen molar-refractivity contribution in [3.05, 3.63) is 58.6 Å². The van der Waals surface area contributed by atoms with E-state index in [2.05, 4.69) is 58.5 Å². The van der Waals surface area contributed by atoms with Crippen LogP contribution in [0.4, 0.5) is 5.69 Å². The van der Waals surface area contributed by atoms with E-state index in [0.29, 0.717) is 6.04 Å². The summed E-state index contributed by atoms with van der Waals surface area (Å²) in [6.45, 7) is 2.23. The van der Waals surface area contributed by atoms with Crippen LogP contribution in [0.25, 0.3) is 0 Å². The van der Waals surface area contributed by atoms with Crippen LogP contribution in [0, 0.1) is 0 Å². The number of hydrogen-bond donors (Lipinski definition) is 1. The van der Waals surface area contributed by atoms with Crippen molar-refractivity contribution in [2.24, 2.45) is 0 Å². The largest absolute Gasteiger partial charge is 0.497 e. The van der Waals surface area contributed by atoms with Crippen LogP contribution >= 0.6 is 15.9 Å². The van der Waals surface area contributed by atoms with Gasteiger partial charge in [-0.2, -0.15) is 0 Å². The summed E-state index contributed by atoms with van der Waals surface area (Å²) in [5, 5.41) is 3.65. The van der Waals surface area contributed by atoms with Gasteiger partial charge in [0.15, 0.2) is 0 Å². The molecule has 0 bridgehead atoms. The maximum absolute atomic E-state index is 5.32. The number of methoxy groups -OCH3 is 1. The van der Waals surface area contributed by atoms with E-state index in [1.165, 1.54) is 18.4 Å². The molecule has 3 heteroatoms. The molecule has 2 rings (SSSR count). The first kappa shape index (κ1) is 15.9.